The summed E-state index contributed by atoms with van der Waals surface area (Å²) in [5.74, 6) is -0.183. The monoisotopic (exact) mass is 316 g/mol. The van der Waals surface area contributed by atoms with E-state index in [0.29, 0.717) is 5.75 Å². The lowest BCUT2D eigenvalue weighted by molar-refractivity contribution is -0.128. The van der Waals surface area contributed by atoms with E-state index in [9.17, 15) is 9.18 Å². The highest BCUT2D eigenvalue weighted by atomic mass is 35.5. The molecule has 0 radical (unpaired) electrons. The fourth-order valence-electron chi connectivity index (χ4n) is 2.34. The third-order valence-electron chi connectivity index (χ3n) is 3.57. The van der Waals surface area contributed by atoms with E-state index >= 15 is 0 Å². The smallest absolute Gasteiger partial charge is 0.261 e. The summed E-state index contributed by atoms with van der Waals surface area (Å²) in [5, 5.41) is 6.31. The first-order chi connectivity index (χ1) is 9.56. The number of carbonyl (C=O) groups excluding carboxylic acids is 1. The van der Waals surface area contributed by atoms with Crippen LogP contribution in [0, 0.1) is 5.82 Å². The van der Waals surface area contributed by atoms with Gasteiger partial charge in [0.2, 0.25) is 0 Å². The van der Waals surface area contributed by atoms with E-state index in [4.69, 9.17) is 4.74 Å². The van der Waals surface area contributed by atoms with E-state index < -0.39 is 6.10 Å². The quantitative estimate of drug-likeness (QED) is 0.896. The van der Waals surface area contributed by atoms with Crippen LogP contribution < -0.4 is 15.4 Å². The lowest BCUT2D eigenvalue weighted by atomic mass is 10.00. The topological polar surface area (TPSA) is 50.4 Å². The Balaban J connectivity index is 0.00000220. The summed E-state index contributed by atoms with van der Waals surface area (Å²) in [6, 6.07) is 6.19. The molecule has 0 bridgehead atoms. The minimum absolute atomic E-state index is 0. The van der Waals surface area contributed by atoms with Gasteiger partial charge in [-0.1, -0.05) is 6.07 Å². The van der Waals surface area contributed by atoms with Crippen LogP contribution in [0.1, 0.15) is 26.7 Å². The molecule has 1 amide bonds. The standard InChI is InChI=1S/C15H21FN2O2.ClH/c1-10-14(7-4-8-17-10)18-15(19)11(2)20-13-6-3-5-12(16)9-13;/h3,5-6,9-11,14,17H,4,7-8H2,1-2H3,(H,18,19);1H. The third-order valence-corrected chi connectivity index (χ3v) is 3.57. The summed E-state index contributed by atoms with van der Waals surface area (Å²) in [4.78, 5) is 12.1. The molecule has 118 valence electrons. The van der Waals surface area contributed by atoms with Gasteiger partial charge < -0.3 is 15.4 Å². The molecule has 21 heavy (non-hydrogen) atoms. The molecule has 0 aromatic heterocycles. The number of carbonyl (C=O) groups is 1. The van der Waals surface area contributed by atoms with E-state index in [-0.39, 0.29) is 36.2 Å². The SMILES string of the molecule is CC(Oc1cccc(F)c1)C(=O)NC1CCCNC1C.Cl. The number of ether oxygens (including phenoxy) is 1. The average Bonchev–Trinajstić information content (AvgIpc) is 2.41. The minimum atomic E-state index is -0.647. The zero-order valence-electron chi connectivity index (χ0n) is 12.3. The Bertz CT molecular complexity index is 473. The fourth-order valence-corrected chi connectivity index (χ4v) is 2.34. The summed E-state index contributed by atoms with van der Waals surface area (Å²) < 4.78 is 18.5. The second-order valence-electron chi connectivity index (χ2n) is 5.22. The Hall–Kier alpha value is -1.33. The Kier molecular flexibility index (Phi) is 6.92. The Morgan fingerprint density at radius 1 is 1.52 bits per heavy atom. The first-order valence-electron chi connectivity index (χ1n) is 7.02. The first kappa shape index (κ1) is 17.7. The van der Waals surface area contributed by atoms with Gasteiger partial charge in [0.25, 0.3) is 5.91 Å². The number of benzene rings is 1. The van der Waals surface area contributed by atoms with Crippen LogP contribution in [0.4, 0.5) is 4.39 Å². The van der Waals surface area contributed by atoms with Gasteiger partial charge in [-0.05, 0) is 45.4 Å². The van der Waals surface area contributed by atoms with Crippen molar-refractivity contribution in [3.63, 3.8) is 0 Å². The van der Waals surface area contributed by atoms with Crippen LogP contribution in [0.2, 0.25) is 0 Å². The second kappa shape index (κ2) is 8.20. The van der Waals surface area contributed by atoms with Gasteiger partial charge in [-0.3, -0.25) is 4.79 Å². The number of hydrogen-bond acceptors (Lipinski definition) is 3. The molecule has 0 aliphatic carbocycles. The minimum Gasteiger partial charge on any atom is -0.481 e. The van der Waals surface area contributed by atoms with Crippen LogP contribution in [0.15, 0.2) is 24.3 Å². The van der Waals surface area contributed by atoms with E-state index in [1.807, 2.05) is 0 Å². The molecule has 6 heteroatoms. The number of amides is 1. The van der Waals surface area contributed by atoms with Crippen LogP contribution in [0.3, 0.4) is 0 Å². The lowest BCUT2D eigenvalue weighted by Crippen LogP contribution is -2.54. The predicted octanol–water partition coefficient (Wildman–Crippen LogP) is 2.27. The predicted molar refractivity (Wildman–Crippen MR) is 82.4 cm³/mol. The van der Waals surface area contributed by atoms with Crippen molar-refractivity contribution in [1.29, 1.82) is 0 Å². The van der Waals surface area contributed by atoms with Gasteiger partial charge in [-0.2, -0.15) is 0 Å². The molecule has 1 aliphatic rings. The van der Waals surface area contributed by atoms with Gasteiger partial charge in [-0.15, -0.1) is 12.4 Å². The Morgan fingerprint density at radius 2 is 2.29 bits per heavy atom. The van der Waals surface area contributed by atoms with Crippen molar-refractivity contribution in [2.75, 3.05) is 6.54 Å². The number of piperidine rings is 1. The van der Waals surface area contributed by atoms with E-state index in [1.165, 1.54) is 12.1 Å². The van der Waals surface area contributed by atoms with Crippen molar-refractivity contribution >= 4 is 18.3 Å². The molecule has 3 atom stereocenters. The van der Waals surface area contributed by atoms with Crippen LogP contribution in [0.5, 0.6) is 5.75 Å². The van der Waals surface area contributed by atoms with Gasteiger partial charge in [0.05, 0.1) is 0 Å². The highest BCUT2D eigenvalue weighted by Gasteiger charge is 2.25. The van der Waals surface area contributed by atoms with Gasteiger partial charge in [-0.25, -0.2) is 4.39 Å². The lowest BCUT2D eigenvalue weighted by Gasteiger charge is -2.31. The molecular weight excluding hydrogens is 295 g/mol. The Morgan fingerprint density at radius 3 is 2.95 bits per heavy atom. The normalized spacial score (nSPS) is 22.8. The third kappa shape index (κ3) is 5.17. The molecule has 1 aliphatic heterocycles. The second-order valence-corrected chi connectivity index (χ2v) is 5.22. The maximum Gasteiger partial charge on any atom is 0.261 e. The molecule has 3 unspecified atom stereocenters. The first-order valence-corrected chi connectivity index (χ1v) is 7.02. The fraction of sp³-hybridized carbons (Fsp3) is 0.533. The van der Waals surface area contributed by atoms with E-state index in [1.54, 1.807) is 19.1 Å². The summed E-state index contributed by atoms with van der Waals surface area (Å²) in [7, 11) is 0. The Labute approximate surface area is 130 Å². The maximum atomic E-state index is 13.1. The highest BCUT2D eigenvalue weighted by Crippen LogP contribution is 2.14. The number of hydrogen-bond donors (Lipinski definition) is 2. The molecule has 1 heterocycles. The average molecular weight is 317 g/mol. The zero-order chi connectivity index (χ0) is 14.5. The van der Waals surface area contributed by atoms with Crippen LogP contribution in [-0.4, -0.2) is 30.6 Å². The summed E-state index contributed by atoms with van der Waals surface area (Å²) in [6.07, 6.45) is 1.37. The van der Waals surface area contributed by atoms with Crippen molar-refractivity contribution < 1.29 is 13.9 Å². The van der Waals surface area contributed by atoms with Gasteiger partial charge in [0.15, 0.2) is 6.10 Å². The van der Waals surface area contributed by atoms with E-state index in [0.717, 1.165) is 19.4 Å². The number of halogens is 2. The van der Waals surface area contributed by atoms with Gasteiger partial charge in [0.1, 0.15) is 11.6 Å². The molecule has 4 nitrogen and oxygen atoms in total. The molecule has 1 fully saturated rings. The molecule has 0 saturated carbocycles. The van der Waals surface area contributed by atoms with Crippen LogP contribution >= 0.6 is 12.4 Å². The summed E-state index contributed by atoms with van der Waals surface area (Å²) in [6.45, 7) is 4.71. The van der Waals surface area contributed by atoms with E-state index in [2.05, 4.69) is 17.6 Å². The largest absolute Gasteiger partial charge is 0.481 e. The molecule has 1 saturated heterocycles. The highest BCUT2D eigenvalue weighted by molar-refractivity contribution is 5.85. The van der Waals surface area contributed by atoms with Crippen LogP contribution in [-0.2, 0) is 4.79 Å². The molecule has 2 rings (SSSR count). The summed E-state index contributed by atoms with van der Waals surface area (Å²) >= 11 is 0. The zero-order valence-corrected chi connectivity index (χ0v) is 13.1. The molecule has 1 aromatic rings. The summed E-state index contributed by atoms with van der Waals surface area (Å²) in [5.41, 5.74) is 0. The number of nitrogens with one attached hydrogen (secondary N) is 2. The molecular formula is C15H22ClFN2O2. The molecule has 1 aromatic carbocycles. The van der Waals surface area contributed by atoms with Crippen molar-refractivity contribution in [2.24, 2.45) is 0 Å². The molecule has 2 N–H and O–H groups in total. The maximum absolute atomic E-state index is 13.1. The molecule has 0 spiro atoms. The van der Waals surface area contributed by atoms with Crippen molar-refractivity contribution in [2.45, 2.75) is 44.9 Å². The van der Waals surface area contributed by atoms with Gasteiger partial charge >= 0.3 is 0 Å². The van der Waals surface area contributed by atoms with Crippen molar-refractivity contribution in [3.05, 3.63) is 30.1 Å². The number of rotatable bonds is 4. The van der Waals surface area contributed by atoms with Crippen molar-refractivity contribution in [3.8, 4) is 5.75 Å². The van der Waals surface area contributed by atoms with Crippen LogP contribution in [0.25, 0.3) is 0 Å². The van der Waals surface area contributed by atoms with Crippen molar-refractivity contribution in [1.82, 2.24) is 10.6 Å². The van der Waals surface area contributed by atoms with Gasteiger partial charge in [0, 0.05) is 18.2 Å².